The number of rotatable bonds is 2. The molecule has 0 radical (unpaired) electrons. The van der Waals surface area contributed by atoms with Crippen molar-refractivity contribution in [2.45, 2.75) is 13.5 Å². The summed E-state index contributed by atoms with van der Waals surface area (Å²) in [6, 6.07) is 1.89. The van der Waals surface area contributed by atoms with Crippen LogP contribution in [0.3, 0.4) is 0 Å². The Balaban J connectivity index is 2.82. The molecule has 0 amide bonds. The van der Waals surface area contributed by atoms with Crippen molar-refractivity contribution in [1.29, 1.82) is 0 Å². The predicted octanol–water partition coefficient (Wildman–Crippen LogP) is 3.55. The van der Waals surface area contributed by atoms with Crippen molar-refractivity contribution in [1.82, 2.24) is 9.78 Å². The van der Waals surface area contributed by atoms with Gasteiger partial charge in [-0.1, -0.05) is 11.6 Å². The molecule has 0 fully saturated rings. The molecule has 0 saturated heterocycles. The standard InChI is InChI=1S/C7H7Br2ClN2/c1-5(3-10)4-12-7(9)2-6(8)11-12/h2-3H,4H2,1H3/b5-3-. The van der Waals surface area contributed by atoms with Crippen molar-refractivity contribution in [3.05, 3.63) is 26.4 Å². The quantitative estimate of drug-likeness (QED) is 0.816. The normalized spacial score (nSPS) is 12.2. The van der Waals surface area contributed by atoms with Gasteiger partial charge in [0.15, 0.2) is 0 Å². The molecule has 5 heteroatoms. The summed E-state index contributed by atoms with van der Waals surface area (Å²) in [5.74, 6) is 0. The lowest BCUT2D eigenvalue weighted by molar-refractivity contribution is 0.659. The maximum atomic E-state index is 5.53. The fourth-order valence-corrected chi connectivity index (χ4v) is 1.95. The first-order chi connectivity index (χ1) is 5.63. The van der Waals surface area contributed by atoms with Crippen LogP contribution in [0.5, 0.6) is 0 Å². The topological polar surface area (TPSA) is 17.8 Å². The highest BCUT2D eigenvalue weighted by atomic mass is 79.9. The molecule has 0 atom stereocenters. The number of hydrogen-bond donors (Lipinski definition) is 0. The molecule has 0 aliphatic rings. The number of hydrogen-bond acceptors (Lipinski definition) is 1. The minimum Gasteiger partial charge on any atom is -0.253 e. The second-order valence-electron chi connectivity index (χ2n) is 2.40. The van der Waals surface area contributed by atoms with Gasteiger partial charge in [-0.2, -0.15) is 5.10 Å². The van der Waals surface area contributed by atoms with E-state index in [0.717, 1.165) is 14.8 Å². The second-order valence-corrected chi connectivity index (χ2v) is 4.25. The van der Waals surface area contributed by atoms with Crippen molar-refractivity contribution in [2.24, 2.45) is 0 Å². The monoisotopic (exact) mass is 312 g/mol. The van der Waals surface area contributed by atoms with Gasteiger partial charge in [0.05, 0.1) is 6.54 Å². The van der Waals surface area contributed by atoms with Crippen LogP contribution in [0.25, 0.3) is 0 Å². The van der Waals surface area contributed by atoms with E-state index < -0.39 is 0 Å². The molecule has 0 unspecified atom stereocenters. The summed E-state index contributed by atoms with van der Waals surface area (Å²) in [6.07, 6.45) is 0. The molecule has 2 nitrogen and oxygen atoms in total. The molecule has 1 heterocycles. The Morgan fingerprint density at radius 3 is 2.83 bits per heavy atom. The van der Waals surface area contributed by atoms with Gasteiger partial charge in [-0.15, -0.1) is 0 Å². The minimum atomic E-state index is 0.704. The van der Waals surface area contributed by atoms with E-state index in [1.165, 1.54) is 0 Å². The van der Waals surface area contributed by atoms with Crippen LogP contribution >= 0.6 is 43.5 Å². The van der Waals surface area contributed by atoms with Gasteiger partial charge in [-0.3, -0.25) is 4.68 Å². The van der Waals surface area contributed by atoms with Crippen LogP contribution in [0.2, 0.25) is 0 Å². The Kier molecular flexibility index (Phi) is 3.80. The van der Waals surface area contributed by atoms with Crippen LogP contribution in [0.4, 0.5) is 0 Å². The first-order valence-electron chi connectivity index (χ1n) is 3.28. The van der Waals surface area contributed by atoms with E-state index in [4.69, 9.17) is 11.6 Å². The third kappa shape index (κ3) is 2.61. The third-order valence-electron chi connectivity index (χ3n) is 1.29. The summed E-state index contributed by atoms with van der Waals surface area (Å²) in [6.45, 7) is 2.66. The summed E-state index contributed by atoms with van der Waals surface area (Å²) in [5.41, 5.74) is 2.62. The summed E-state index contributed by atoms with van der Waals surface area (Å²) in [4.78, 5) is 0. The summed E-state index contributed by atoms with van der Waals surface area (Å²) in [5, 5.41) is 4.19. The van der Waals surface area contributed by atoms with E-state index in [-0.39, 0.29) is 0 Å². The van der Waals surface area contributed by atoms with Gasteiger partial charge in [0.1, 0.15) is 9.21 Å². The van der Waals surface area contributed by atoms with E-state index in [0.29, 0.717) is 6.54 Å². The number of nitrogens with zero attached hydrogens (tertiary/aromatic N) is 2. The first-order valence-corrected chi connectivity index (χ1v) is 5.30. The average Bonchev–Trinajstić information content (AvgIpc) is 2.30. The molecule has 1 aromatic rings. The van der Waals surface area contributed by atoms with Gasteiger partial charge in [-0.05, 0) is 44.4 Å². The molecule has 12 heavy (non-hydrogen) atoms. The van der Waals surface area contributed by atoms with Crippen molar-refractivity contribution in [2.75, 3.05) is 0 Å². The minimum absolute atomic E-state index is 0.704. The largest absolute Gasteiger partial charge is 0.253 e. The molecule has 0 bridgehead atoms. The van der Waals surface area contributed by atoms with Gasteiger partial charge in [0, 0.05) is 11.6 Å². The highest BCUT2D eigenvalue weighted by molar-refractivity contribution is 9.11. The Morgan fingerprint density at radius 1 is 1.75 bits per heavy atom. The van der Waals surface area contributed by atoms with Crippen LogP contribution in [-0.4, -0.2) is 9.78 Å². The van der Waals surface area contributed by atoms with Crippen LogP contribution in [0, 0.1) is 0 Å². The fraction of sp³-hybridized carbons (Fsp3) is 0.286. The molecule has 1 rings (SSSR count). The average molecular weight is 314 g/mol. The van der Waals surface area contributed by atoms with Crippen molar-refractivity contribution < 1.29 is 0 Å². The number of allylic oxidation sites excluding steroid dienone is 1. The zero-order valence-corrected chi connectivity index (χ0v) is 10.3. The lowest BCUT2D eigenvalue weighted by Crippen LogP contribution is -2.00. The summed E-state index contributed by atoms with van der Waals surface area (Å²) >= 11 is 12.2. The van der Waals surface area contributed by atoms with Gasteiger partial charge >= 0.3 is 0 Å². The third-order valence-corrected chi connectivity index (χ3v) is 2.68. The lowest BCUT2D eigenvalue weighted by Gasteiger charge is -2.01. The van der Waals surface area contributed by atoms with Crippen molar-refractivity contribution >= 4 is 43.5 Å². The fourth-order valence-electron chi connectivity index (χ4n) is 0.746. The zero-order valence-electron chi connectivity index (χ0n) is 6.39. The molecule has 0 saturated carbocycles. The van der Waals surface area contributed by atoms with Gasteiger partial charge in [0.2, 0.25) is 0 Å². The zero-order chi connectivity index (χ0) is 9.14. The first kappa shape index (κ1) is 10.3. The molecule has 0 aliphatic heterocycles. The molecule has 0 aromatic carbocycles. The molecule has 1 aromatic heterocycles. The van der Waals surface area contributed by atoms with Gasteiger partial charge < -0.3 is 0 Å². The molecule has 0 aliphatic carbocycles. The van der Waals surface area contributed by atoms with Gasteiger partial charge in [0.25, 0.3) is 0 Å². The second kappa shape index (κ2) is 4.44. The predicted molar refractivity (Wildman–Crippen MR) is 57.2 cm³/mol. The maximum Gasteiger partial charge on any atom is 0.129 e. The molecule has 0 N–H and O–H groups in total. The Morgan fingerprint density at radius 2 is 2.42 bits per heavy atom. The van der Waals surface area contributed by atoms with E-state index >= 15 is 0 Å². The highest BCUT2D eigenvalue weighted by Crippen LogP contribution is 2.17. The number of halogens is 3. The van der Waals surface area contributed by atoms with E-state index in [2.05, 4.69) is 37.0 Å². The Hall–Kier alpha value is 0.200. The number of aromatic nitrogens is 2. The Labute approximate surface area is 92.8 Å². The van der Waals surface area contributed by atoms with Crippen molar-refractivity contribution in [3.8, 4) is 0 Å². The van der Waals surface area contributed by atoms with Crippen molar-refractivity contribution in [3.63, 3.8) is 0 Å². The SMILES string of the molecule is C/C(=C/Cl)Cn1nc(Br)cc1Br. The lowest BCUT2D eigenvalue weighted by atomic mass is 10.3. The highest BCUT2D eigenvalue weighted by Gasteiger charge is 2.02. The smallest absolute Gasteiger partial charge is 0.129 e. The molecule has 0 spiro atoms. The van der Waals surface area contributed by atoms with Crippen LogP contribution in [0.1, 0.15) is 6.92 Å². The van der Waals surface area contributed by atoms with Crippen LogP contribution in [0.15, 0.2) is 26.4 Å². The van der Waals surface area contributed by atoms with Crippen LogP contribution in [-0.2, 0) is 6.54 Å². The maximum absolute atomic E-state index is 5.53. The van der Waals surface area contributed by atoms with E-state index in [9.17, 15) is 0 Å². The summed E-state index contributed by atoms with van der Waals surface area (Å²) < 4.78 is 3.57. The Bertz CT molecular complexity index is 306. The van der Waals surface area contributed by atoms with E-state index in [1.54, 1.807) is 5.54 Å². The summed E-state index contributed by atoms with van der Waals surface area (Å²) in [7, 11) is 0. The van der Waals surface area contributed by atoms with E-state index in [1.807, 2.05) is 17.7 Å². The molecular formula is C7H7Br2ClN2. The van der Waals surface area contributed by atoms with Gasteiger partial charge in [-0.25, -0.2) is 0 Å². The molecular weight excluding hydrogens is 307 g/mol. The molecule has 66 valence electrons. The van der Waals surface area contributed by atoms with Crippen LogP contribution < -0.4 is 0 Å².